The fraction of sp³-hybridized carbons (Fsp3) is 0.400. The van der Waals surface area contributed by atoms with Crippen molar-refractivity contribution < 1.29 is 12.9 Å². The molecule has 0 saturated heterocycles. The molecule has 0 saturated carbocycles. The molecule has 2 aromatic rings. The molecule has 1 heterocycles. The van der Waals surface area contributed by atoms with Gasteiger partial charge in [-0.15, -0.1) is 0 Å². The Bertz CT molecular complexity index is 738. The molecule has 0 N–H and O–H groups in total. The maximum atomic E-state index is 12.2. The largest absolute Gasteiger partial charge is 0.361 e. The molecule has 120 valence electrons. The van der Waals surface area contributed by atoms with Crippen LogP contribution in [0.1, 0.15) is 17.0 Å². The van der Waals surface area contributed by atoms with Crippen LogP contribution in [0, 0.1) is 6.92 Å². The first-order valence-electron chi connectivity index (χ1n) is 6.91. The molecule has 2 rings (SSSR count). The normalized spacial score (nSPS) is 12.3. The van der Waals surface area contributed by atoms with Gasteiger partial charge < -0.3 is 4.52 Å². The van der Waals surface area contributed by atoms with Crippen molar-refractivity contribution in [3.05, 3.63) is 47.3 Å². The van der Waals surface area contributed by atoms with Gasteiger partial charge in [-0.05, 0) is 31.7 Å². The van der Waals surface area contributed by atoms with E-state index in [2.05, 4.69) is 10.1 Å². The highest BCUT2D eigenvalue weighted by Gasteiger charge is 2.17. The molecule has 0 aliphatic heterocycles. The monoisotopic (exact) mass is 323 g/mol. The molecule has 0 aliphatic rings. The molecule has 0 atom stereocenters. The molecule has 22 heavy (non-hydrogen) atoms. The number of hydrogen-bond donors (Lipinski definition) is 0. The molecule has 6 nitrogen and oxygen atoms in total. The first-order valence-corrected chi connectivity index (χ1v) is 8.35. The van der Waals surface area contributed by atoms with Crippen LogP contribution in [0.2, 0.25) is 0 Å². The lowest BCUT2D eigenvalue weighted by molar-refractivity contribution is 0.302. The lowest BCUT2D eigenvalue weighted by Gasteiger charge is -2.16. The number of aryl methyl sites for hydroxylation is 1. The third-order valence-corrected chi connectivity index (χ3v) is 5.05. The summed E-state index contributed by atoms with van der Waals surface area (Å²) in [5.74, 6) is 0.780. The average molecular weight is 323 g/mol. The Morgan fingerprint density at radius 1 is 1.14 bits per heavy atom. The Morgan fingerprint density at radius 2 is 1.86 bits per heavy atom. The molecular formula is C15H21N3O3S. The van der Waals surface area contributed by atoms with Crippen LogP contribution in [0.15, 0.2) is 39.8 Å². The quantitative estimate of drug-likeness (QED) is 0.812. The van der Waals surface area contributed by atoms with Crippen molar-refractivity contribution in [1.29, 1.82) is 0 Å². The fourth-order valence-electron chi connectivity index (χ4n) is 2.15. The lowest BCUT2D eigenvalue weighted by atomic mass is 10.2. The smallest absolute Gasteiger partial charge is 0.242 e. The topological polar surface area (TPSA) is 66.7 Å². The minimum Gasteiger partial charge on any atom is -0.361 e. The van der Waals surface area contributed by atoms with Crippen LogP contribution < -0.4 is 0 Å². The predicted molar refractivity (Wildman–Crippen MR) is 83.7 cm³/mol. The SMILES string of the molecule is Cc1cc(CN(C)Cc2cccc(S(=O)(=O)N(C)C)c2)no1. The van der Waals surface area contributed by atoms with Crippen molar-refractivity contribution in [3.63, 3.8) is 0 Å². The van der Waals surface area contributed by atoms with Gasteiger partial charge in [0.2, 0.25) is 10.0 Å². The van der Waals surface area contributed by atoms with E-state index < -0.39 is 10.0 Å². The van der Waals surface area contributed by atoms with Crippen molar-refractivity contribution in [2.24, 2.45) is 0 Å². The van der Waals surface area contributed by atoms with E-state index in [-0.39, 0.29) is 0 Å². The zero-order chi connectivity index (χ0) is 16.3. The van der Waals surface area contributed by atoms with Crippen molar-refractivity contribution in [3.8, 4) is 0 Å². The van der Waals surface area contributed by atoms with Crippen molar-refractivity contribution >= 4 is 10.0 Å². The molecule has 0 unspecified atom stereocenters. The summed E-state index contributed by atoms with van der Waals surface area (Å²) in [7, 11) is 1.61. The summed E-state index contributed by atoms with van der Waals surface area (Å²) in [6.07, 6.45) is 0. The molecule has 1 aromatic carbocycles. The van der Waals surface area contributed by atoms with E-state index >= 15 is 0 Å². The van der Waals surface area contributed by atoms with Crippen LogP contribution in [0.4, 0.5) is 0 Å². The number of aromatic nitrogens is 1. The third-order valence-electron chi connectivity index (χ3n) is 3.24. The summed E-state index contributed by atoms with van der Waals surface area (Å²) in [5.41, 5.74) is 1.79. The van der Waals surface area contributed by atoms with E-state index in [4.69, 9.17) is 4.52 Å². The van der Waals surface area contributed by atoms with Gasteiger partial charge in [0.05, 0.1) is 10.6 Å². The number of nitrogens with zero attached hydrogens (tertiary/aromatic N) is 3. The van der Waals surface area contributed by atoms with Crippen molar-refractivity contribution in [1.82, 2.24) is 14.4 Å². The van der Waals surface area contributed by atoms with Gasteiger partial charge in [0.15, 0.2) is 0 Å². The van der Waals surface area contributed by atoms with E-state index in [9.17, 15) is 8.42 Å². The molecule has 0 aliphatic carbocycles. The summed E-state index contributed by atoms with van der Waals surface area (Å²) in [6, 6.07) is 8.89. The summed E-state index contributed by atoms with van der Waals surface area (Å²) < 4.78 is 30.6. The van der Waals surface area contributed by atoms with Crippen LogP contribution in [0.3, 0.4) is 0 Å². The molecule has 0 spiro atoms. The van der Waals surface area contributed by atoms with Crippen LogP contribution >= 0.6 is 0 Å². The highest BCUT2D eigenvalue weighted by Crippen LogP contribution is 2.16. The van der Waals surface area contributed by atoms with E-state index in [1.807, 2.05) is 26.1 Å². The summed E-state index contributed by atoms with van der Waals surface area (Å²) in [5, 5.41) is 3.96. The maximum Gasteiger partial charge on any atom is 0.242 e. The van der Waals surface area contributed by atoms with E-state index in [1.54, 1.807) is 18.2 Å². The second-order valence-electron chi connectivity index (χ2n) is 5.54. The second kappa shape index (κ2) is 6.60. The molecule has 0 fully saturated rings. The van der Waals surface area contributed by atoms with Crippen LogP contribution in [0.25, 0.3) is 0 Å². The molecule has 1 aromatic heterocycles. The Kier molecular flexibility index (Phi) is 5.00. The third kappa shape index (κ3) is 3.94. The average Bonchev–Trinajstić information content (AvgIpc) is 2.84. The van der Waals surface area contributed by atoms with E-state index in [0.29, 0.717) is 18.0 Å². The highest BCUT2D eigenvalue weighted by molar-refractivity contribution is 7.89. The first-order chi connectivity index (χ1) is 10.3. The van der Waals surface area contributed by atoms with Crippen LogP contribution in [-0.2, 0) is 23.1 Å². The molecule has 7 heteroatoms. The standard InChI is InChI=1S/C15H21N3O3S/c1-12-8-14(16-21-12)11-18(4)10-13-6-5-7-15(9-13)22(19,20)17(2)3/h5-9H,10-11H2,1-4H3. The van der Waals surface area contributed by atoms with Gasteiger partial charge >= 0.3 is 0 Å². The first kappa shape index (κ1) is 16.7. The fourth-order valence-corrected chi connectivity index (χ4v) is 3.12. The Morgan fingerprint density at radius 3 is 2.45 bits per heavy atom. The molecule has 0 amide bonds. The van der Waals surface area contributed by atoms with Crippen LogP contribution in [-0.4, -0.2) is 43.9 Å². The van der Waals surface area contributed by atoms with Gasteiger partial charge in [0.1, 0.15) is 5.76 Å². The Hall–Kier alpha value is -1.70. The van der Waals surface area contributed by atoms with E-state index in [1.165, 1.54) is 18.4 Å². The van der Waals surface area contributed by atoms with Gasteiger partial charge in [0, 0.05) is 33.3 Å². The number of benzene rings is 1. The summed E-state index contributed by atoms with van der Waals surface area (Å²) in [6.45, 7) is 3.12. The Balaban J connectivity index is 2.10. The highest BCUT2D eigenvalue weighted by atomic mass is 32.2. The summed E-state index contributed by atoms with van der Waals surface area (Å²) in [4.78, 5) is 2.36. The zero-order valence-corrected chi connectivity index (χ0v) is 14.1. The lowest BCUT2D eigenvalue weighted by Crippen LogP contribution is -2.22. The zero-order valence-electron chi connectivity index (χ0n) is 13.3. The number of hydrogen-bond acceptors (Lipinski definition) is 5. The maximum absolute atomic E-state index is 12.2. The van der Waals surface area contributed by atoms with Crippen molar-refractivity contribution in [2.75, 3.05) is 21.1 Å². The predicted octanol–water partition coefficient (Wildman–Crippen LogP) is 1.87. The summed E-state index contributed by atoms with van der Waals surface area (Å²) >= 11 is 0. The van der Waals surface area contributed by atoms with Gasteiger partial charge in [-0.25, -0.2) is 12.7 Å². The minimum absolute atomic E-state index is 0.306. The van der Waals surface area contributed by atoms with Gasteiger partial charge in [-0.2, -0.15) is 0 Å². The van der Waals surface area contributed by atoms with Crippen LogP contribution in [0.5, 0.6) is 0 Å². The number of rotatable bonds is 6. The number of sulfonamides is 1. The van der Waals surface area contributed by atoms with Gasteiger partial charge in [-0.1, -0.05) is 17.3 Å². The molecular weight excluding hydrogens is 302 g/mol. The molecule has 0 radical (unpaired) electrons. The Labute approximate surface area is 131 Å². The van der Waals surface area contributed by atoms with Gasteiger partial charge in [0.25, 0.3) is 0 Å². The molecule has 0 bridgehead atoms. The van der Waals surface area contributed by atoms with Gasteiger partial charge in [-0.3, -0.25) is 4.90 Å². The van der Waals surface area contributed by atoms with E-state index in [0.717, 1.165) is 17.0 Å². The van der Waals surface area contributed by atoms with Crippen molar-refractivity contribution in [2.45, 2.75) is 24.9 Å². The second-order valence-corrected chi connectivity index (χ2v) is 7.69. The minimum atomic E-state index is -3.40.